The lowest BCUT2D eigenvalue weighted by Crippen LogP contribution is -2.09. The molecule has 150 valence electrons. The number of anilines is 3. The van der Waals surface area contributed by atoms with Crippen LogP contribution in [0.4, 0.5) is 17.1 Å². The molecule has 31 heavy (non-hydrogen) atoms. The summed E-state index contributed by atoms with van der Waals surface area (Å²) in [6, 6.07) is 52.0. The first-order valence-corrected chi connectivity index (χ1v) is 10.5. The number of nitrogens with zero attached hydrogens (tertiary/aromatic N) is 1. The van der Waals surface area contributed by atoms with Crippen molar-refractivity contribution in [3.63, 3.8) is 0 Å². The van der Waals surface area contributed by atoms with Crippen molar-refractivity contribution in [1.82, 2.24) is 0 Å². The molecular formula is C30H25N. The highest BCUT2D eigenvalue weighted by molar-refractivity contribution is 5.76. The Bertz CT molecular complexity index is 1010. The highest BCUT2D eigenvalue weighted by Gasteiger charge is 2.10. The Morgan fingerprint density at radius 2 is 0.484 bits per heavy atom. The molecule has 5 aromatic rings. The lowest BCUT2D eigenvalue weighted by molar-refractivity contribution is 1.28. The minimum absolute atomic E-state index is 1.17. The molecule has 0 N–H and O–H groups in total. The zero-order valence-electron chi connectivity index (χ0n) is 17.4. The molecule has 0 saturated heterocycles. The average Bonchev–Trinajstić information content (AvgIpc) is 2.88. The first-order chi connectivity index (χ1) is 15.4. The average molecular weight is 400 g/mol. The van der Waals surface area contributed by atoms with Gasteiger partial charge in [0.05, 0.1) is 0 Å². The lowest BCUT2D eigenvalue weighted by atomic mass is 10.1. The zero-order chi connectivity index (χ0) is 21.1. The standard InChI is InChI=1S/C18H15N.C12H10/c1-4-10-16(11-5-1)19(17-12-6-2-7-13-17)18-14-8-3-9-15-18;1-3-7-11(8-4-1)12-9-5-2-6-10-12/h1-15H;1-10H. The SMILES string of the molecule is c1ccc(-c2ccccc2)cc1.c1ccc(N(c2ccccc2)c2ccccc2)cc1. The van der Waals surface area contributed by atoms with Crippen molar-refractivity contribution < 1.29 is 0 Å². The summed E-state index contributed by atoms with van der Waals surface area (Å²) in [6.45, 7) is 0. The van der Waals surface area contributed by atoms with Crippen molar-refractivity contribution in [1.29, 1.82) is 0 Å². The molecule has 0 fully saturated rings. The monoisotopic (exact) mass is 399 g/mol. The second kappa shape index (κ2) is 10.6. The van der Waals surface area contributed by atoms with Crippen LogP contribution in [-0.2, 0) is 0 Å². The van der Waals surface area contributed by atoms with Gasteiger partial charge in [-0.3, -0.25) is 0 Å². The molecule has 0 heterocycles. The van der Waals surface area contributed by atoms with E-state index in [2.05, 4.69) is 126 Å². The number of rotatable bonds is 4. The maximum atomic E-state index is 2.25. The van der Waals surface area contributed by atoms with Gasteiger partial charge in [-0.05, 0) is 47.5 Å². The van der Waals surface area contributed by atoms with Gasteiger partial charge in [-0.2, -0.15) is 0 Å². The normalized spacial score (nSPS) is 9.94. The fraction of sp³-hybridized carbons (Fsp3) is 0. The van der Waals surface area contributed by atoms with Crippen molar-refractivity contribution in [3.8, 4) is 11.1 Å². The van der Waals surface area contributed by atoms with Crippen LogP contribution in [-0.4, -0.2) is 0 Å². The number of hydrogen-bond acceptors (Lipinski definition) is 1. The van der Waals surface area contributed by atoms with Crippen molar-refractivity contribution in [2.75, 3.05) is 4.90 Å². The molecule has 1 nitrogen and oxygen atoms in total. The van der Waals surface area contributed by atoms with Crippen LogP contribution in [0.2, 0.25) is 0 Å². The lowest BCUT2D eigenvalue weighted by Gasteiger charge is -2.25. The minimum atomic E-state index is 1.17. The molecule has 0 unspecified atom stereocenters. The Morgan fingerprint density at radius 3 is 0.742 bits per heavy atom. The van der Waals surface area contributed by atoms with Crippen LogP contribution in [0.15, 0.2) is 152 Å². The third-order valence-corrected chi connectivity index (χ3v) is 4.92. The quantitative estimate of drug-likeness (QED) is 0.293. The Hall–Kier alpha value is -4.10. The van der Waals surface area contributed by atoms with Crippen molar-refractivity contribution in [2.24, 2.45) is 0 Å². The van der Waals surface area contributed by atoms with Crippen LogP contribution in [0.1, 0.15) is 0 Å². The predicted molar refractivity (Wildman–Crippen MR) is 133 cm³/mol. The topological polar surface area (TPSA) is 3.24 Å². The summed E-state index contributed by atoms with van der Waals surface area (Å²) in [5.41, 5.74) is 6.05. The smallest absolute Gasteiger partial charge is 0.0461 e. The van der Waals surface area contributed by atoms with Crippen LogP contribution in [0.5, 0.6) is 0 Å². The van der Waals surface area contributed by atoms with Crippen molar-refractivity contribution in [2.45, 2.75) is 0 Å². The number of hydrogen-bond donors (Lipinski definition) is 0. The summed E-state index contributed by atoms with van der Waals surface area (Å²) in [4.78, 5) is 2.25. The van der Waals surface area contributed by atoms with E-state index in [0.717, 1.165) is 0 Å². The van der Waals surface area contributed by atoms with E-state index in [9.17, 15) is 0 Å². The molecule has 1 heteroatoms. The Labute approximate surface area is 184 Å². The van der Waals surface area contributed by atoms with Gasteiger partial charge >= 0.3 is 0 Å². The van der Waals surface area contributed by atoms with E-state index in [-0.39, 0.29) is 0 Å². The molecule has 5 rings (SSSR count). The molecule has 0 spiro atoms. The summed E-state index contributed by atoms with van der Waals surface area (Å²) < 4.78 is 0. The van der Waals surface area contributed by atoms with E-state index in [1.807, 2.05) is 30.3 Å². The predicted octanol–water partition coefficient (Wildman–Crippen LogP) is 8.51. The minimum Gasteiger partial charge on any atom is -0.311 e. The van der Waals surface area contributed by atoms with Gasteiger partial charge < -0.3 is 4.90 Å². The third kappa shape index (κ3) is 5.49. The van der Waals surface area contributed by atoms with Gasteiger partial charge in [-0.15, -0.1) is 0 Å². The fourth-order valence-electron chi connectivity index (χ4n) is 3.44. The summed E-state index contributed by atoms with van der Waals surface area (Å²) >= 11 is 0. The zero-order valence-corrected chi connectivity index (χ0v) is 17.4. The first kappa shape index (κ1) is 20.2. The van der Waals surface area contributed by atoms with Crippen LogP contribution in [0.25, 0.3) is 11.1 Å². The van der Waals surface area contributed by atoms with Crippen LogP contribution in [0.3, 0.4) is 0 Å². The van der Waals surface area contributed by atoms with E-state index < -0.39 is 0 Å². The van der Waals surface area contributed by atoms with E-state index in [0.29, 0.717) is 0 Å². The van der Waals surface area contributed by atoms with E-state index in [1.165, 1.54) is 28.2 Å². The Balaban J connectivity index is 0.000000166. The fourth-order valence-corrected chi connectivity index (χ4v) is 3.44. The van der Waals surface area contributed by atoms with Gasteiger partial charge in [-0.1, -0.05) is 115 Å². The van der Waals surface area contributed by atoms with Gasteiger partial charge in [0.1, 0.15) is 0 Å². The third-order valence-electron chi connectivity index (χ3n) is 4.92. The molecule has 0 aromatic heterocycles. The summed E-state index contributed by atoms with van der Waals surface area (Å²) in [6.07, 6.45) is 0. The van der Waals surface area contributed by atoms with Gasteiger partial charge in [-0.25, -0.2) is 0 Å². The summed E-state index contributed by atoms with van der Waals surface area (Å²) in [7, 11) is 0. The first-order valence-electron chi connectivity index (χ1n) is 10.5. The molecule has 0 atom stereocenters. The van der Waals surface area contributed by atoms with Crippen LogP contribution in [0, 0.1) is 0 Å². The highest BCUT2D eigenvalue weighted by Crippen LogP contribution is 2.33. The molecule has 0 aliphatic heterocycles. The van der Waals surface area contributed by atoms with Gasteiger partial charge in [0.2, 0.25) is 0 Å². The van der Waals surface area contributed by atoms with Crippen LogP contribution < -0.4 is 4.90 Å². The Kier molecular flexibility index (Phi) is 6.91. The van der Waals surface area contributed by atoms with Crippen molar-refractivity contribution in [3.05, 3.63) is 152 Å². The van der Waals surface area contributed by atoms with E-state index in [1.54, 1.807) is 0 Å². The van der Waals surface area contributed by atoms with Crippen LogP contribution >= 0.6 is 0 Å². The second-order valence-corrected chi connectivity index (χ2v) is 7.07. The number of para-hydroxylation sites is 3. The second-order valence-electron chi connectivity index (χ2n) is 7.07. The van der Waals surface area contributed by atoms with Gasteiger partial charge in [0, 0.05) is 17.1 Å². The molecule has 0 bridgehead atoms. The van der Waals surface area contributed by atoms with Gasteiger partial charge in [0.25, 0.3) is 0 Å². The van der Waals surface area contributed by atoms with Gasteiger partial charge in [0.15, 0.2) is 0 Å². The largest absolute Gasteiger partial charge is 0.311 e. The maximum absolute atomic E-state index is 2.25. The summed E-state index contributed by atoms with van der Waals surface area (Å²) in [5.74, 6) is 0. The molecule has 0 aliphatic rings. The van der Waals surface area contributed by atoms with E-state index >= 15 is 0 Å². The summed E-state index contributed by atoms with van der Waals surface area (Å²) in [5, 5.41) is 0. The number of benzene rings is 5. The molecular weight excluding hydrogens is 374 g/mol. The van der Waals surface area contributed by atoms with E-state index in [4.69, 9.17) is 0 Å². The maximum Gasteiger partial charge on any atom is 0.0461 e. The molecule has 0 aliphatic carbocycles. The highest BCUT2D eigenvalue weighted by atomic mass is 15.1. The molecule has 0 radical (unpaired) electrons. The Morgan fingerprint density at radius 1 is 0.258 bits per heavy atom. The van der Waals surface area contributed by atoms with Crippen molar-refractivity contribution >= 4 is 17.1 Å². The molecule has 5 aromatic carbocycles. The molecule has 0 amide bonds. The molecule has 0 saturated carbocycles.